The summed E-state index contributed by atoms with van der Waals surface area (Å²) in [4.78, 5) is 16.5. The lowest BCUT2D eigenvalue weighted by atomic mass is 10.1. The fourth-order valence-corrected chi connectivity index (χ4v) is 2.65. The minimum Gasteiger partial charge on any atom is -0.497 e. The highest BCUT2D eigenvalue weighted by Crippen LogP contribution is 2.30. The molecule has 28 heavy (non-hydrogen) atoms. The van der Waals surface area contributed by atoms with Crippen molar-refractivity contribution < 1.29 is 23.7 Å². The molecule has 0 amide bonds. The van der Waals surface area contributed by atoms with Gasteiger partial charge in [-0.15, -0.1) is 0 Å². The van der Waals surface area contributed by atoms with Crippen LogP contribution in [-0.2, 0) is 9.53 Å². The first-order chi connectivity index (χ1) is 13.6. The molecule has 2 aromatic rings. The number of hydrogen-bond acceptors (Lipinski definition) is 6. The lowest BCUT2D eigenvalue weighted by Gasteiger charge is -2.11. The minimum absolute atomic E-state index is 0.232. The number of rotatable bonds is 8. The summed E-state index contributed by atoms with van der Waals surface area (Å²) in [7, 11) is 3.19. The molecule has 0 radical (unpaired) electrons. The van der Waals surface area contributed by atoms with Crippen LogP contribution in [-0.4, -0.2) is 32.7 Å². The number of carbonyl (C=O) groups is 1. The van der Waals surface area contributed by atoms with E-state index < -0.39 is 5.97 Å². The largest absolute Gasteiger partial charge is 0.497 e. The number of methoxy groups -OCH3 is 2. The van der Waals surface area contributed by atoms with Gasteiger partial charge in [0, 0.05) is 5.56 Å². The van der Waals surface area contributed by atoms with Gasteiger partial charge in [0.2, 0.25) is 5.90 Å². The third-order valence-electron chi connectivity index (χ3n) is 4.20. The van der Waals surface area contributed by atoms with E-state index in [-0.39, 0.29) is 11.6 Å². The maximum atomic E-state index is 12.2. The molecular formula is C22H23NO5. The molecule has 1 aliphatic rings. The molecule has 0 aliphatic carbocycles. The van der Waals surface area contributed by atoms with E-state index in [2.05, 4.69) is 11.9 Å². The number of ether oxygens (including phenoxy) is 4. The zero-order valence-corrected chi connectivity index (χ0v) is 16.2. The number of unbranched alkanes of at least 4 members (excludes halogenated alkanes) is 1. The van der Waals surface area contributed by atoms with E-state index in [1.807, 2.05) is 18.2 Å². The van der Waals surface area contributed by atoms with Crippen LogP contribution >= 0.6 is 0 Å². The van der Waals surface area contributed by atoms with Gasteiger partial charge in [-0.1, -0.05) is 19.4 Å². The van der Waals surface area contributed by atoms with Crippen molar-refractivity contribution in [2.24, 2.45) is 4.99 Å². The Morgan fingerprint density at radius 2 is 1.82 bits per heavy atom. The van der Waals surface area contributed by atoms with Crippen molar-refractivity contribution in [1.82, 2.24) is 0 Å². The van der Waals surface area contributed by atoms with Crippen LogP contribution in [0.15, 0.2) is 53.2 Å². The van der Waals surface area contributed by atoms with Gasteiger partial charge in [0.05, 0.1) is 20.8 Å². The Kier molecular flexibility index (Phi) is 6.32. The summed E-state index contributed by atoms with van der Waals surface area (Å²) in [6.07, 6.45) is 3.67. The molecule has 0 aromatic heterocycles. The Bertz CT molecular complexity index is 900. The lowest BCUT2D eigenvalue weighted by molar-refractivity contribution is -0.129. The quantitative estimate of drug-likeness (QED) is 0.389. The Balaban J connectivity index is 1.84. The predicted molar refractivity (Wildman–Crippen MR) is 107 cm³/mol. The fraction of sp³-hybridized carbons (Fsp3) is 0.273. The number of benzene rings is 2. The summed E-state index contributed by atoms with van der Waals surface area (Å²) in [6.45, 7) is 2.71. The number of aliphatic imine (C=N–C) groups is 1. The molecule has 0 saturated heterocycles. The average molecular weight is 381 g/mol. The van der Waals surface area contributed by atoms with E-state index in [9.17, 15) is 4.79 Å². The maximum Gasteiger partial charge on any atom is 0.363 e. The van der Waals surface area contributed by atoms with Crippen molar-refractivity contribution in [1.29, 1.82) is 0 Å². The molecule has 0 fully saturated rings. The third kappa shape index (κ3) is 4.52. The van der Waals surface area contributed by atoms with Gasteiger partial charge in [0.15, 0.2) is 17.2 Å². The van der Waals surface area contributed by atoms with Crippen LogP contribution in [0.1, 0.15) is 30.9 Å². The number of nitrogens with zero attached hydrogens (tertiary/aromatic N) is 1. The van der Waals surface area contributed by atoms with Crippen LogP contribution in [0.2, 0.25) is 0 Å². The predicted octanol–water partition coefficient (Wildman–Crippen LogP) is 4.23. The van der Waals surface area contributed by atoms with Gasteiger partial charge in [0.25, 0.3) is 0 Å². The maximum absolute atomic E-state index is 12.2. The lowest BCUT2D eigenvalue weighted by Crippen LogP contribution is -2.05. The summed E-state index contributed by atoms with van der Waals surface area (Å²) in [5, 5.41) is 0. The number of cyclic esters (lactones) is 1. The van der Waals surface area contributed by atoms with Crippen LogP contribution in [0.5, 0.6) is 17.2 Å². The van der Waals surface area contributed by atoms with E-state index in [0.29, 0.717) is 23.7 Å². The topological polar surface area (TPSA) is 66.3 Å². The molecule has 6 nitrogen and oxygen atoms in total. The molecule has 0 spiro atoms. The molecule has 146 valence electrons. The van der Waals surface area contributed by atoms with E-state index in [0.717, 1.165) is 24.2 Å². The molecular weight excluding hydrogens is 358 g/mol. The summed E-state index contributed by atoms with van der Waals surface area (Å²) in [5.41, 5.74) is 1.71. The molecule has 0 N–H and O–H groups in total. The number of esters is 1. The zero-order chi connectivity index (χ0) is 19.9. The van der Waals surface area contributed by atoms with E-state index in [4.69, 9.17) is 18.9 Å². The van der Waals surface area contributed by atoms with Crippen LogP contribution in [0, 0.1) is 0 Å². The molecule has 0 unspecified atom stereocenters. The first kappa shape index (κ1) is 19.5. The minimum atomic E-state index is -0.491. The third-order valence-corrected chi connectivity index (χ3v) is 4.20. The zero-order valence-electron chi connectivity index (χ0n) is 16.2. The van der Waals surface area contributed by atoms with Gasteiger partial charge >= 0.3 is 5.97 Å². The van der Waals surface area contributed by atoms with E-state index >= 15 is 0 Å². The number of hydrogen-bond donors (Lipinski definition) is 0. The molecule has 0 atom stereocenters. The molecule has 1 heterocycles. The van der Waals surface area contributed by atoms with E-state index in [1.165, 1.54) is 0 Å². The van der Waals surface area contributed by atoms with Gasteiger partial charge in [0.1, 0.15) is 5.75 Å². The second kappa shape index (κ2) is 9.08. The van der Waals surface area contributed by atoms with Crippen molar-refractivity contribution in [3.8, 4) is 17.2 Å². The highest BCUT2D eigenvalue weighted by atomic mass is 16.6. The van der Waals surface area contributed by atoms with Crippen molar-refractivity contribution in [2.45, 2.75) is 19.8 Å². The van der Waals surface area contributed by atoms with Crippen molar-refractivity contribution in [2.75, 3.05) is 20.8 Å². The first-order valence-electron chi connectivity index (χ1n) is 9.12. The molecule has 0 bridgehead atoms. The van der Waals surface area contributed by atoms with Crippen LogP contribution < -0.4 is 14.2 Å². The molecule has 0 saturated carbocycles. The summed E-state index contributed by atoms with van der Waals surface area (Å²) in [5.74, 6) is 1.78. The molecule has 6 heteroatoms. The number of carbonyl (C=O) groups excluding carboxylic acids is 1. The highest BCUT2D eigenvalue weighted by molar-refractivity contribution is 6.12. The second-order valence-electron chi connectivity index (χ2n) is 6.18. The molecule has 2 aromatic carbocycles. The van der Waals surface area contributed by atoms with Gasteiger partial charge in [-0.2, -0.15) is 0 Å². The SMILES string of the molecule is CCCCOc1cc(/C=C2\N=C(c3ccc(OC)cc3)OC2=O)ccc1OC. The summed E-state index contributed by atoms with van der Waals surface area (Å²) in [6, 6.07) is 12.6. The van der Waals surface area contributed by atoms with Gasteiger partial charge < -0.3 is 18.9 Å². The smallest absolute Gasteiger partial charge is 0.363 e. The Hall–Kier alpha value is -3.28. The molecule has 1 aliphatic heterocycles. The second-order valence-corrected chi connectivity index (χ2v) is 6.18. The molecule has 3 rings (SSSR count). The van der Waals surface area contributed by atoms with Crippen molar-refractivity contribution >= 4 is 17.9 Å². The summed E-state index contributed by atoms with van der Waals surface area (Å²) >= 11 is 0. The van der Waals surface area contributed by atoms with Crippen molar-refractivity contribution in [3.63, 3.8) is 0 Å². The average Bonchev–Trinajstić information content (AvgIpc) is 3.09. The Labute approximate surface area is 164 Å². The highest BCUT2D eigenvalue weighted by Gasteiger charge is 2.24. The standard InChI is InChI=1S/C22H23NO5/c1-4-5-12-27-20-14-15(6-11-19(20)26-3)13-18-22(24)28-21(23-18)16-7-9-17(25-2)10-8-16/h6-11,13-14H,4-5,12H2,1-3H3/b18-13-. The Morgan fingerprint density at radius 1 is 1.04 bits per heavy atom. The van der Waals surface area contributed by atoms with Crippen molar-refractivity contribution in [3.05, 3.63) is 59.3 Å². The van der Waals surface area contributed by atoms with E-state index in [1.54, 1.807) is 44.6 Å². The monoisotopic (exact) mass is 381 g/mol. The van der Waals surface area contributed by atoms with Crippen LogP contribution in [0.3, 0.4) is 0 Å². The first-order valence-corrected chi connectivity index (χ1v) is 9.12. The van der Waals surface area contributed by atoms with Gasteiger partial charge in [-0.05, 0) is 54.5 Å². The normalized spacial score (nSPS) is 14.6. The Morgan fingerprint density at radius 3 is 2.50 bits per heavy atom. The van der Waals surface area contributed by atoms with Crippen LogP contribution in [0.4, 0.5) is 0 Å². The fourth-order valence-electron chi connectivity index (χ4n) is 2.65. The van der Waals surface area contributed by atoms with Crippen LogP contribution in [0.25, 0.3) is 6.08 Å². The summed E-state index contributed by atoms with van der Waals surface area (Å²) < 4.78 is 21.6. The van der Waals surface area contributed by atoms with Gasteiger partial charge in [-0.25, -0.2) is 9.79 Å². The van der Waals surface area contributed by atoms with Gasteiger partial charge in [-0.3, -0.25) is 0 Å².